The SMILES string of the molecule is O=CNC(C(=O)O)c1ccc(O)cc1O. The lowest BCUT2D eigenvalue weighted by Crippen LogP contribution is -2.27. The summed E-state index contributed by atoms with van der Waals surface area (Å²) in [4.78, 5) is 20.9. The summed E-state index contributed by atoms with van der Waals surface area (Å²) in [6, 6.07) is 2.11. The van der Waals surface area contributed by atoms with Crippen molar-refractivity contribution in [2.45, 2.75) is 6.04 Å². The number of rotatable bonds is 4. The Morgan fingerprint density at radius 3 is 2.53 bits per heavy atom. The summed E-state index contributed by atoms with van der Waals surface area (Å²) < 4.78 is 0. The van der Waals surface area contributed by atoms with Crippen LogP contribution in [0.25, 0.3) is 0 Å². The minimum atomic E-state index is -1.33. The third-order valence-corrected chi connectivity index (χ3v) is 1.81. The lowest BCUT2D eigenvalue weighted by atomic mass is 10.1. The molecule has 15 heavy (non-hydrogen) atoms. The molecule has 0 bridgehead atoms. The molecule has 0 spiro atoms. The largest absolute Gasteiger partial charge is 0.508 e. The normalized spacial score (nSPS) is 11.7. The molecule has 0 saturated carbocycles. The molecule has 4 N–H and O–H groups in total. The lowest BCUT2D eigenvalue weighted by Gasteiger charge is -2.12. The molecule has 1 amide bonds. The van der Waals surface area contributed by atoms with Gasteiger partial charge in [-0.15, -0.1) is 0 Å². The molecule has 0 saturated heterocycles. The van der Waals surface area contributed by atoms with E-state index >= 15 is 0 Å². The van der Waals surface area contributed by atoms with Gasteiger partial charge in [-0.25, -0.2) is 4.79 Å². The third-order valence-electron chi connectivity index (χ3n) is 1.81. The molecular formula is C9H9NO5. The fourth-order valence-corrected chi connectivity index (χ4v) is 1.14. The Labute approximate surface area is 84.8 Å². The molecule has 0 aliphatic heterocycles. The van der Waals surface area contributed by atoms with Gasteiger partial charge >= 0.3 is 5.97 Å². The van der Waals surface area contributed by atoms with Crippen LogP contribution >= 0.6 is 0 Å². The quantitative estimate of drug-likeness (QED) is 0.523. The molecule has 6 nitrogen and oxygen atoms in total. The Morgan fingerprint density at radius 1 is 1.40 bits per heavy atom. The third kappa shape index (κ3) is 2.37. The maximum absolute atomic E-state index is 10.7. The number of aromatic hydroxyl groups is 2. The van der Waals surface area contributed by atoms with Crippen LogP contribution in [0.15, 0.2) is 18.2 Å². The zero-order valence-electron chi connectivity index (χ0n) is 7.54. The van der Waals surface area contributed by atoms with Crippen molar-refractivity contribution in [1.82, 2.24) is 5.32 Å². The van der Waals surface area contributed by atoms with Gasteiger partial charge in [0.2, 0.25) is 6.41 Å². The van der Waals surface area contributed by atoms with Gasteiger partial charge in [-0.2, -0.15) is 0 Å². The number of benzene rings is 1. The number of phenolic OH excluding ortho intramolecular Hbond substituents is 2. The summed E-state index contributed by atoms with van der Waals surface area (Å²) in [6.45, 7) is 0. The maximum Gasteiger partial charge on any atom is 0.331 e. The molecule has 0 heterocycles. The van der Waals surface area contributed by atoms with Crippen molar-refractivity contribution in [3.05, 3.63) is 23.8 Å². The monoisotopic (exact) mass is 211 g/mol. The molecule has 6 heteroatoms. The van der Waals surface area contributed by atoms with E-state index in [4.69, 9.17) is 10.2 Å². The number of hydrogen-bond donors (Lipinski definition) is 4. The van der Waals surface area contributed by atoms with Crippen LogP contribution in [0.4, 0.5) is 0 Å². The Kier molecular flexibility index (Phi) is 3.12. The van der Waals surface area contributed by atoms with Crippen LogP contribution in [-0.4, -0.2) is 27.7 Å². The number of phenols is 2. The maximum atomic E-state index is 10.7. The van der Waals surface area contributed by atoms with Crippen molar-refractivity contribution in [2.75, 3.05) is 0 Å². The molecule has 1 rings (SSSR count). The van der Waals surface area contributed by atoms with Gasteiger partial charge in [0.25, 0.3) is 0 Å². The van der Waals surface area contributed by atoms with Gasteiger partial charge < -0.3 is 20.6 Å². The molecular weight excluding hydrogens is 202 g/mol. The lowest BCUT2D eigenvalue weighted by molar-refractivity contribution is -0.140. The van der Waals surface area contributed by atoms with E-state index in [1.165, 1.54) is 12.1 Å². The number of nitrogens with one attached hydrogen (secondary N) is 1. The van der Waals surface area contributed by atoms with Crippen LogP contribution in [0.3, 0.4) is 0 Å². The van der Waals surface area contributed by atoms with Crippen LogP contribution in [-0.2, 0) is 9.59 Å². The molecule has 0 aliphatic rings. The van der Waals surface area contributed by atoms with Crippen molar-refractivity contribution < 1.29 is 24.9 Å². The number of carboxylic acids is 1. The molecule has 0 aromatic heterocycles. The van der Waals surface area contributed by atoms with Gasteiger partial charge in [0.15, 0.2) is 6.04 Å². The molecule has 1 aromatic carbocycles. The summed E-state index contributed by atoms with van der Waals surface area (Å²) in [7, 11) is 0. The van der Waals surface area contributed by atoms with Crippen molar-refractivity contribution in [1.29, 1.82) is 0 Å². The number of carbonyl (C=O) groups excluding carboxylic acids is 1. The molecule has 0 fully saturated rings. The van der Waals surface area contributed by atoms with Crippen molar-refractivity contribution in [2.24, 2.45) is 0 Å². The topological polar surface area (TPSA) is 107 Å². The fraction of sp³-hybridized carbons (Fsp3) is 0.111. The van der Waals surface area contributed by atoms with E-state index in [9.17, 15) is 14.7 Å². The zero-order valence-corrected chi connectivity index (χ0v) is 7.54. The van der Waals surface area contributed by atoms with Crippen LogP contribution < -0.4 is 5.32 Å². The summed E-state index contributed by atoms with van der Waals surface area (Å²) in [5.74, 6) is -1.88. The highest BCUT2D eigenvalue weighted by atomic mass is 16.4. The zero-order chi connectivity index (χ0) is 11.4. The van der Waals surface area contributed by atoms with E-state index in [0.717, 1.165) is 6.07 Å². The summed E-state index contributed by atoms with van der Waals surface area (Å²) in [5, 5.41) is 29.1. The van der Waals surface area contributed by atoms with Gasteiger partial charge in [0.05, 0.1) is 0 Å². The molecule has 1 atom stereocenters. The first-order chi connectivity index (χ1) is 7.06. The van der Waals surface area contributed by atoms with Crippen molar-refractivity contribution in [3.63, 3.8) is 0 Å². The highest BCUT2D eigenvalue weighted by Gasteiger charge is 2.22. The second-order valence-corrected chi connectivity index (χ2v) is 2.80. The highest BCUT2D eigenvalue weighted by Crippen LogP contribution is 2.27. The molecule has 0 aliphatic carbocycles. The van der Waals surface area contributed by atoms with Gasteiger partial charge in [-0.1, -0.05) is 0 Å². The molecule has 80 valence electrons. The smallest absolute Gasteiger partial charge is 0.331 e. The molecule has 1 aromatic rings. The Balaban J connectivity index is 3.10. The first kappa shape index (κ1) is 10.8. The standard InChI is InChI=1S/C9H9NO5/c11-4-10-8(9(14)15)6-2-1-5(12)3-7(6)13/h1-4,8,12-13H,(H,10,11)(H,14,15). The van der Waals surface area contributed by atoms with Crippen molar-refractivity contribution >= 4 is 12.4 Å². The number of carboxylic acid groups (broad SMARTS) is 1. The first-order valence-corrected chi connectivity index (χ1v) is 4.00. The van der Waals surface area contributed by atoms with Crippen LogP contribution in [0.1, 0.15) is 11.6 Å². The number of carbonyl (C=O) groups is 2. The minimum Gasteiger partial charge on any atom is -0.508 e. The van der Waals surface area contributed by atoms with Gasteiger partial charge in [0, 0.05) is 11.6 Å². The Bertz CT molecular complexity index is 390. The first-order valence-electron chi connectivity index (χ1n) is 4.00. The predicted molar refractivity (Wildman–Crippen MR) is 49.3 cm³/mol. The number of hydrogen-bond acceptors (Lipinski definition) is 4. The van der Waals surface area contributed by atoms with Crippen LogP contribution in [0.2, 0.25) is 0 Å². The van der Waals surface area contributed by atoms with Gasteiger partial charge in [0.1, 0.15) is 11.5 Å². The summed E-state index contributed by atoms with van der Waals surface area (Å²) >= 11 is 0. The Hall–Kier alpha value is -2.24. The minimum absolute atomic E-state index is 0.00685. The van der Waals surface area contributed by atoms with E-state index in [0.29, 0.717) is 0 Å². The van der Waals surface area contributed by atoms with Crippen LogP contribution in [0, 0.1) is 0 Å². The van der Waals surface area contributed by atoms with E-state index in [-0.39, 0.29) is 17.7 Å². The summed E-state index contributed by atoms with van der Waals surface area (Å²) in [6.07, 6.45) is 0.227. The van der Waals surface area contributed by atoms with E-state index in [1.54, 1.807) is 0 Å². The number of aliphatic carboxylic acids is 1. The van der Waals surface area contributed by atoms with Crippen LogP contribution in [0.5, 0.6) is 11.5 Å². The van der Waals surface area contributed by atoms with E-state index < -0.39 is 17.8 Å². The highest BCUT2D eigenvalue weighted by molar-refractivity contribution is 5.79. The van der Waals surface area contributed by atoms with E-state index in [1.807, 2.05) is 5.32 Å². The fourth-order valence-electron chi connectivity index (χ4n) is 1.14. The Morgan fingerprint density at radius 2 is 2.07 bits per heavy atom. The average Bonchev–Trinajstić information content (AvgIpc) is 2.15. The predicted octanol–water partition coefficient (Wildman–Crippen LogP) is -0.0305. The van der Waals surface area contributed by atoms with Crippen molar-refractivity contribution in [3.8, 4) is 11.5 Å². The average molecular weight is 211 g/mol. The molecule has 0 radical (unpaired) electrons. The number of amides is 1. The van der Waals surface area contributed by atoms with E-state index in [2.05, 4.69) is 0 Å². The van der Waals surface area contributed by atoms with Gasteiger partial charge in [-0.3, -0.25) is 4.79 Å². The van der Waals surface area contributed by atoms with Gasteiger partial charge in [-0.05, 0) is 12.1 Å². The second kappa shape index (κ2) is 4.32. The summed E-state index contributed by atoms with van der Waals surface area (Å²) in [5.41, 5.74) is 0.00685. The second-order valence-electron chi connectivity index (χ2n) is 2.80. The molecule has 1 unspecified atom stereocenters.